The third kappa shape index (κ3) is 4.50. The fourth-order valence-electron chi connectivity index (χ4n) is 3.56. The summed E-state index contributed by atoms with van der Waals surface area (Å²) in [6.45, 7) is 0.445. The number of nitrogens with zero attached hydrogens (tertiary/aromatic N) is 3. The van der Waals surface area contributed by atoms with Crippen LogP contribution in [0.2, 0.25) is 0 Å². The number of benzene rings is 2. The molecule has 2 N–H and O–H groups in total. The summed E-state index contributed by atoms with van der Waals surface area (Å²) in [5.74, 6) is -0.0968. The molecule has 0 aliphatic carbocycles. The molecule has 3 aromatic rings. The van der Waals surface area contributed by atoms with E-state index in [0.29, 0.717) is 36.5 Å². The van der Waals surface area contributed by atoms with Gasteiger partial charge in [0, 0.05) is 30.3 Å². The number of ether oxygens (including phenoxy) is 1. The molecule has 1 fully saturated rings. The minimum atomic E-state index is -0.602. The van der Waals surface area contributed by atoms with E-state index in [9.17, 15) is 14.0 Å². The molecule has 1 atom stereocenters. The van der Waals surface area contributed by atoms with Gasteiger partial charge in [0.2, 0.25) is 5.91 Å². The highest BCUT2D eigenvalue weighted by Gasteiger charge is 2.34. The maximum absolute atomic E-state index is 14.4. The summed E-state index contributed by atoms with van der Waals surface area (Å²) in [5.41, 5.74) is 1.20. The summed E-state index contributed by atoms with van der Waals surface area (Å²) < 4.78 is 21.0. The highest BCUT2D eigenvalue weighted by Crippen LogP contribution is 2.23. The second-order valence-electron chi connectivity index (χ2n) is 7.12. The average molecular weight is 423 g/mol. The lowest BCUT2D eigenvalue weighted by Gasteiger charge is -2.24. The Morgan fingerprint density at radius 3 is 2.58 bits per heavy atom. The fourth-order valence-corrected chi connectivity index (χ4v) is 3.56. The summed E-state index contributed by atoms with van der Waals surface area (Å²) in [4.78, 5) is 27.0. The lowest BCUT2D eigenvalue weighted by atomic mass is 10.2. The molecule has 1 aliphatic rings. The van der Waals surface area contributed by atoms with Crippen LogP contribution in [-0.2, 0) is 4.79 Å². The van der Waals surface area contributed by atoms with Crippen molar-refractivity contribution in [3.63, 3.8) is 0 Å². The van der Waals surface area contributed by atoms with Gasteiger partial charge < -0.3 is 20.3 Å². The van der Waals surface area contributed by atoms with Gasteiger partial charge in [-0.3, -0.25) is 4.79 Å². The number of amides is 3. The van der Waals surface area contributed by atoms with Gasteiger partial charge in [0.25, 0.3) is 0 Å². The lowest BCUT2D eigenvalue weighted by Crippen LogP contribution is -2.45. The van der Waals surface area contributed by atoms with Crippen molar-refractivity contribution in [2.24, 2.45) is 0 Å². The molecule has 31 heavy (non-hydrogen) atoms. The highest BCUT2D eigenvalue weighted by atomic mass is 19.1. The first kappa shape index (κ1) is 20.4. The predicted octanol–water partition coefficient (Wildman–Crippen LogP) is 3.66. The van der Waals surface area contributed by atoms with Crippen LogP contribution in [-0.4, -0.2) is 46.3 Å². The Hall–Kier alpha value is -3.88. The molecule has 3 amide bonds. The Morgan fingerprint density at radius 1 is 1.13 bits per heavy atom. The van der Waals surface area contributed by atoms with E-state index in [2.05, 4.69) is 15.7 Å². The molecular formula is C22H22FN5O3. The van der Waals surface area contributed by atoms with Gasteiger partial charge in [0.15, 0.2) is 5.82 Å². The van der Waals surface area contributed by atoms with E-state index in [1.165, 1.54) is 21.7 Å². The number of nitrogens with one attached hydrogen (secondary N) is 2. The Labute approximate surface area is 178 Å². The van der Waals surface area contributed by atoms with E-state index in [1.807, 2.05) is 0 Å². The van der Waals surface area contributed by atoms with Gasteiger partial charge in [-0.1, -0.05) is 0 Å². The number of likely N-dealkylation sites (tertiary alicyclic amines) is 1. The molecule has 2 aromatic carbocycles. The summed E-state index contributed by atoms with van der Waals surface area (Å²) in [6, 6.07) is 12.0. The van der Waals surface area contributed by atoms with Gasteiger partial charge in [-0.2, -0.15) is 5.10 Å². The molecule has 0 bridgehead atoms. The lowest BCUT2D eigenvalue weighted by molar-refractivity contribution is -0.119. The molecule has 0 saturated carbocycles. The first-order chi connectivity index (χ1) is 15.0. The Kier molecular flexibility index (Phi) is 5.83. The van der Waals surface area contributed by atoms with Crippen molar-refractivity contribution in [1.29, 1.82) is 0 Å². The molecule has 1 unspecified atom stereocenters. The number of hydrogen-bond donors (Lipinski definition) is 2. The molecule has 1 aliphatic heterocycles. The van der Waals surface area contributed by atoms with Gasteiger partial charge in [-0.05, 0) is 61.4 Å². The topological polar surface area (TPSA) is 88.5 Å². The second-order valence-corrected chi connectivity index (χ2v) is 7.12. The van der Waals surface area contributed by atoms with E-state index in [-0.39, 0.29) is 11.6 Å². The monoisotopic (exact) mass is 423 g/mol. The van der Waals surface area contributed by atoms with E-state index in [1.54, 1.807) is 55.9 Å². The number of halogens is 1. The van der Waals surface area contributed by atoms with Gasteiger partial charge in [-0.25, -0.2) is 13.9 Å². The number of carbonyl (C=O) groups is 2. The van der Waals surface area contributed by atoms with Crippen LogP contribution in [0.15, 0.2) is 60.9 Å². The summed E-state index contributed by atoms with van der Waals surface area (Å²) in [5, 5.41) is 9.52. The second kappa shape index (κ2) is 8.86. The van der Waals surface area contributed by atoms with Crippen molar-refractivity contribution in [1.82, 2.24) is 14.7 Å². The van der Waals surface area contributed by atoms with Crippen molar-refractivity contribution >= 4 is 23.3 Å². The first-order valence-electron chi connectivity index (χ1n) is 9.87. The molecule has 1 aromatic heterocycles. The van der Waals surface area contributed by atoms with Crippen molar-refractivity contribution in [3.05, 3.63) is 66.7 Å². The average Bonchev–Trinajstić information content (AvgIpc) is 3.47. The van der Waals surface area contributed by atoms with Gasteiger partial charge in [0.1, 0.15) is 17.5 Å². The molecule has 0 spiro atoms. The van der Waals surface area contributed by atoms with E-state index in [4.69, 9.17) is 4.74 Å². The zero-order valence-electron chi connectivity index (χ0n) is 16.9. The molecule has 2 heterocycles. The molecule has 1 saturated heterocycles. The number of urea groups is 1. The number of methoxy groups -OCH3 is 1. The zero-order chi connectivity index (χ0) is 21.8. The van der Waals surface area contributed by atoms with Crippen molar-refractivity contribution in [3.8, 4) is 11.4 Å². The van der Waals surface area contributed by atoms with E-state index >= 15 is 0 Å². The van der Waals surface area contributed by atoms with Gasteiger partial charge >= 0.3 is 6.03 Å². The molecule has 4 rings (SSSR count). The zero-order valence-corrected chi connectivity index (χ0v) is 16.9. The largest absolute Gasteiger partial charge is 0.497 e. The Morgan fingerprint density at radius 2 is 1.90 bits per heavy atom. The molecule has 160 valence electrons. The number of anilines is 2. The van der Waals surface area contributed by atoms with Gasteiger partial charge in [0.05, 0.1) is 7.11 Å². The Balaban J connectivity index is 1.41. The summed E-state index contributed by atoms with van der Waals surface area (Å²) in [6.07, 6.45) is 4.45. The first-order valence-corrected chi connectivity index (χ1v) is 9.87. The smallest absolute Gasteiger partial charge is 0.322 e. The minimum Gasteiger partial charge on any atom is -0.497 e. The SMILES string of the molecule is COc1ccc(NC(=O)C2CCCN2C(=O)Nc2ccc(-n3cccn3)c(F)c2)cc1. The standard InChI is InChI=1S/C22H22FN5O3/c1-31-17-8-5-15(6-9-17)25-21(29)20-4-2-12-27(20)22(30)26-16-7-10-19(18(23)14-16)28-13-3-11-24-28/h3,5-11,13-14,20H,2,4,12H2,1H3,(H,25,29)(H,26,30). The van der Waals surface area contributed by atoms with Crippen LogP contribution in [0.4, 0.5) is 20.6 Å². The van der Waals surface area contributed by atoms with E-state index in [0.717, 1.165) is 0 Å². The molecule has 0 radical (unpaired) electrons. The number of hydrogen-bond acceptors (Lipinski definition) is 4. The highest BCUT2D eigenvalue weighted by molar-refractivity contribution is 5.99. The van der Waals surface area contributed by atoms with Crippen molar-refractivity contribution in [2.45, 2.75) is 18.9 Å². The van der Waals surface area contributed by atoms with Crippen molar-refractivity contribution < 1.29 is 18.7 Å². The van der Waals surface area contributed by atoms with Crippen LogP contribution < -0.4 is 15.4 Å². The van der Waals surface area contributed by atoms with E-state index < -0.39 is 17.9 Å². The summed E-state index contributed by atoms with van der Waals surface area (Å²) in [7, 11) is 1.57. The Bertz CT molecular complexity index is 1070. The summed E-state index contributed by atoms with van der Waals surface area (Å²) >= 11 is 0. The van der Waals surface area contributed by atoms with Crippen molar-refractivity contribution in [2.75, 3.05) is 24.3 Å². The maximum Gasteiger partial charge on any atom is 0.322 e. The number of aromatic nitrogens is 2. The van der Waals surface area contributed by atoms with Crippen LogP contribution in [0.5, 0.6) is 5.75 Å². The van der Waals surface area contributed by atoms with Crippen LogP contribution in [0.25, 0.3) is 5.69 Å². The minimum absolute atomic E-state index is 0.266. The molecule has 9 heteroatoms. The quantitative estimate of drug-likeness (QED) is 0.656. The van der Waals surface area contributed by atoms with Crippen LogP contribution in [0, 0.1) is 5.82 Å². The van der Waals surface area contributed by atoms with Gasteiger partial charge in [-0.15, -0.1) is 0 Å². The maximum atomic E-state index is 14.4. The normalized spacial score (nSPS) is 15.5. The number of carbonyl (C=O) groups excluding carboxylic acids is 2. The van der Waals surface area contributed by atoms with Crippen LogP contribution >= 0.6 is 0 Å². The van der Waals surface area contributed by atoms with Crippen LogP contribution in [0.1, 0.15) is 12.8 Å². The number of rotatable bonds is 5. The predicted molar refractivity (Wildman–Crippen MR) is 114 cm³/mol. The molecular weight excluding hydrogens is 401 g/mol. The third-order valence-corrected chi connectivity index (χ3v) is 5.12. The van der Waals surface area contributed by atoms with Crippen LogP contribution in [0.3, 0.4) is 0 Å². The fraction of sp³-hybridized carbons (Fsp3) is 0.227. The molecule has 8 nitrogen and oxygen atoms in total. The third-order valence-electron chi connectivity index (χ3n) is 5.12.